The van der Waals surface area contributed by atoms with E-state index in [1.165, 1.54) is 18.2 Å². The van der Waals surface area contributed by atoms with Crippen LogP contribution in [-0.2, 0) is 4.79 Å². The number of aliphatic carboxylic acids is 1. The highest BCUT2D eigenvalue weighted by molar-refractivity contribution is 6.22. The van der Waals surface area contributed by atoms with Crippen molar-refractivity contribution in [2.24, 2.45) is 0 Å². The first-order valence-electron chi connectivity index (χ1n) is 6.73. The molecule has 0 radical (unpaired) electrons. The Labute approximate surface area is 131 Å². The minimum absolute atomic E-state index is 0.0677. The predicted molar refractivity (Wildman–Crippen MR) is 81.5 cm³/mol. The quantitative estimate of drug-likeness (QED) is 0.666. The molecule has 0 spiro atoms. The van der Waals surface area contributed by atoms with E-state index in [2.05, 4.69) is 0 Å². The van der Waals surface area contributed by atoms with Crippen molar-refractivity contribution in [2.45, 2.75) is 0 Å². The van der Waals surface area contributed by atoms with E-state index in [1.54, 1.807) is 30.3 Å². The number of fused-ring (bicyclic) bond motifs is 1. The fourth-order valence-electron chi connectivity index (χ4n) is 2.33. The highest BCUT2D eigenvalue weighted by Crippen LogP contribution is 2.34. The van der Waals surface area contributed by atoms with Crippen molar-refractivity contribution >= 4 is 23.6 Å². The molecule has 0 saturated heterocycles. The van der Waals surface area contributed by atoms with E-state index >= 15 is 0 Å². The number of carboxylic acids is 2. The summed E-state index contributed by atoms with van der Waals surface area (Å²) >= 11 is 0. The Balaban J connectivity index is 2.09. The summed E-state index contributed by atoms with van der Waals surface area (Å²) in [7, 11) is 0. The van der Waals surface area contributed by atoms with Gasteiger partial charge in [0.15, 0.2) is 11.5 Å². The van der Waals surface area contributed by atoms with Gasteiger partial charge >= 0.3 is 11.9 Å². The molecule has 0 fully saturated rings. The van der Waals surface area contributed by atoms with Crippen LogP contribution in [0.15, 0.2) is 42.5 Å². The van der Waals surface area contributed by atoms with Gasteiger partial charge in [0.1, 0.15) is 0 Å². The zero-order chi connectivity index (χ0) is 16.4. The third-order valence-corrected chi connectivity index (χ3v) is 3.39. The van der Waals surface area contributed by atoms with Crippen LogP contribution in [0.3, 0.4) is 0 Å². The number of carbonyl (C=O) groups is 2. The van der Waals surface area contributed by atoms with Gasteiger partial charge in [-0.3, -0.25) is 0 Å². The molecule has 0 amide bonds. The van der Waals surface area contributed by atoms with Gasteiger partial charge in [0.05, 0.1) is 11.1 Å². The van der Waals surface area contributed by atoms with Gasteiger partial charge in [-0.25, -0.2) is 9.59 Å². The van der Waals surface area contributed by atoms with Gasteiger partial charge in [0, 0.05) is 5.56 Å². The fraction of sp³-hybridized carbons (Fsp3) is 0.0588. The van der Waals surface area contributed by atoms with Crippen molar-refractivity contribution in [3.63, 3.8) is 0 Å². The molecule has 6 heteroatoms. The number of aromatic carboxylic acids is 1. The third-order valence-electron chi connectivity index (χ3n) is 3.39. The van der Waals surface area contributed by atoms with Gasteiger partial charge in [-0.05, 0) is 29.8 Å². The first kappa shape index (κ1) is 14.6. The second-order valence-corrected chi connectivity index (χ2v) is 4.83. The van der Waals surface area contributed by atoms with Gasteiger partial charge in [0.25, 0.3) is 0 Å². The minimum Gasteiger partial charge on any atom is -0.478 e. The molecule has 1 heterocycles. The van der Waals surface area contributed by atoms with Crippen molar-refractivity contribution < 1.29 is 29.3 Å². The van der Waals surface area contributed by atoms with Crippen molar-refractivity contribution in [3.05, 3.63) is 59.2 Å². The van der Waals surface area contributed by atoms with E-state index in [0.717, 1.165) is 0 Å². The maximum atomic E-state index is 11.6. The Bertz CT molecular complexity index is 822. The van der Waals surface area contributed by atoms with Gasteiger partial charge in [-0.15, -0.1) is 0 Å². The SMILES string of the molecule is O=C(O)/C(=C/c1ccc2c(c1)OCO2)c1ccccc1C(=O)O. The molecular formula is C17H12O6. The van der Waals surface area contributed by atoms with E-state index in [9.17, 15) is 19.8 Å². The van der Waals surface area contributed by atoms with E-state index in [4.69, 9.17) is 9.47 Å². The van der Waals surface area contributed by atoms with Crippen molar-refractivity contribution in [3.8, 4) is 11.5 Å². The Kier molecular flexibility index (Phi) is 3.72. The van der Waals surface area contributed by atoms with Crippen molar-refractivity contribution in [1.29, 1.82) is 0 Å². The molecule has 0 saturated carbocycles. The number of hydrogen-bond acceptors (Lipinski definition) is 4. The van der Waals surface area contributed by atoms with Gasteiger partial charge in [-0.2, -0.15) is 0 Å². The van der Waals surface area contributed by atoms with Crippen LogP contribution in [0.5, 0.6) is 11.5 Å². The molecule has 0 atom stereocenters. The molecule has 23 heavy (non-hydrogen) atoms. The summed E-state index contributed by atoms with van der Waals surface area (Å²) in [4.78, 5) is 22.9. The van der Waals surface area contributed by atoms with E-state index in [0.29, 0.717) is 17.1 Å². The maximum Gasteiger partial charge on any atom is 0.336 e. The molecule has 2 aromatic carbocycles. The number of ether oxygens (including phenoxy) is 2. The predicted octanol–water partition coefficient (Wildman–Crippen LogP) is 2.74. The first-order chi connectivity index (χ1) is 11.1. The number of rotatable bonds is 4. The minimum atomic E-state index is -1.21. The second kappa shape index (κ2) is 5.84. The lowest BCUT2D eigenvalue weighted by Crippen LogP contribution is -2.07. The van der Waals surface area contributed by atoms with Gasteiger partial charge < -0.3 is 19.7 Å². The third kappa shape index (κ3) is 2.87. The van der Waals surface area contributed by atoms with Crippen LogP contribution >= 0.6 is 0 Å². The van der Waals surface area contributed by atoms with E-state index < -0.39 is 11.9 Å². The lowest BCUT2D eigenvalue weighted by Gasteiger charge is -2.07. The highest BCUT2D eigenvalue weighted by atomic mass is 16.7. The lowest BCUT2D eigenvalue weighted by atomic mass is 9.97. The van der Waals surface area contributed by atoms with Crippen molar-refractivity contribution in [1.82, 2.24) is 0 Å². The molecule has 116 valence electrons. The number of carboxylic acid groups (broad SMARTS) is 2. The summed E-state index contributed by atoms with van der Waals surface area (Å²) in [5.41, 5.74) is 0.542. The molecule has 0 unspecified atom stereocenters. The largest absolute Gasteiger partial charge is 0.478 e. The van der Waals surface area contributed by atoms with Crippen LogP contribution in [0.1, 0.15) is 21.5 Å². The number of benzene rings is 2. The molecular weight excluding hydrogens is 300 g/mol. The van der Waals surface area contributed by atoms with Crippen LogP contribution in [0.4, 0.5) is 0 Å². The Hall–Kier alpha value is -3.28. The summed E-state index contributed by atoms with van der Waals surface area (Å²) in [5, 5.41) is 18.7. The van der Waals surface area contributed by atoms with Crippen LogP contribution in [0, 0.1) is 0 Å². The van der Waals surface area contributed by atoms with Crippen LogP contribution < -0.4 is 9.47 Å². The second-order valence-electron chi connectivity index (χ2n) is 4.83. The Morgan fingerprint density at radius 3 is 2.35 bits per heavy atom. The molecule has 0 aliphatic carbocycles. The smallest absolute Gasteiger partial charge is 0.336 e. The first-order valence-corrected chi connectivity index (χ1v) is 6.73. The Morgan fingerprint density at radius 1 is 0.957 bits per heavy atom. The lowest BCUT2D eigenvalue weighted by molar-refractivity contribution is -0.130. The van der Waals surface area contributed by atoms with Crippen molar-refractivity contribution in [2.75, 3.05) is 6.79 Å². The van der Waals surface area contributed by atoms with E-state index in [1.807, 2.05) is 0 Å². The molecule has 0 bridgehead atoms. The summed E-state index contributed by atoms with van der Waals surface area (Å²) in [6.45, 7) is 0.121. The topological polar surface area (TPSA) is 93.1 Å². The standard InChI is InChI=1S/C17H12O6/c18-16(19)12-4-2-1-3-11(12)13(17(20)21)7-10-5-6-14-15(8-10)23-9-22-14/h1-8H,9H2,(H,18,19)(H,20,21)/b13-7+. The average molecular weight is 312 g/mol. The summed E-state index contributed by atoms with van der Waals surface area (Å²) in [5.74, 6) is -1.28. The average Bonchev–Trinajstić information content (AvgIpc) is 3.00. The monoisotopic (exact) mass is 312 g/mol. The number of hydrogen-bond donors (Lipinski definition) is 2. The van der Waals surface area contributed by atoms with Gasteiger partial charge in [0.2, 0.25) is 6.79 Å². The molecule has 1 aliphatic heterocycles. The van der Waals surface area contributed by atoms with Gasteiger partial charge in [-0.1, -0.05) is 24.3 Å². The molecule has 0 aromatic heterocycles. The fourth-order valence-corrected chi connectivity index (χ4v) is 2.33. The summed E-state index contributed by atoms with van der Waals surface area (Å²) in [6.07, 6.45) is 1.41. The molecule has 3 rings (SSSR count). The van der Waals surface area contributed by atoms with Crippen LogP contribution in [0.2, 0.25) is 0 Å². The molecule has 2 N–H and O–H groups in total. The zero-order valence-corrected chi connectivity index (χ0v) is 11.9. The molecule has 2 aromatic rings. The zero-order valence-electron chi connectivity index (χ0n) is 11.9. The highest BCUT2D eigenvalue weighted by Gasteiger charge is 2.19. The van der Waals surface area contributed by atoms with Crippen LogP contribution in [-0.4, -0.2) is 28.9 Å². The van der Waals surface area contributed by atoms with Crippen LogP contribution in [0.25, 0.3) is 11.6 Å². The molecule has 1 aliphatic rings. The Morgan fingerprint density at radius 2 is 1.65 bits per heavy atom. The van der Waals surface area contributed by atoms with E-state index in [-0.39, 0.29) is 23.5 Å². The maximum absolute atomic E-state index is 11.6. The molecule has 6 nitrogen and oxygen atoms in total. The summed E-state index contributed by atoms with van der Waals surface area (Å²) in [6, 6.07) is 11.0. The normalized spacial score (nSPS) is 13.0. The summed E-state index contributed by atoms with van der Waals surface area (Å²) < 4.78 is 10.5.